The molecule has 2 rings (SSSR count). The predicted molar refractivity (Wildman–Crippen MR) is 121 cm³/mol. The van der Waals surface area contributed by atoms with Crippen molar-refractivity contribution in [3.63, 3.8) is 0 Å². The third-order valence-corrected chi connectivity index (χ3v) is 5.23. The Morgan fingerprint density at radius 3 is 2.37 bits per heavy atom. The number of ether oxygens (including phenoxy) is 1. The van der Waals surface area contributed by atoms with E-state index in [9.17, 15) is 9.59 Å². The van der Waals surface area contributed by atoms with Crippen LogP contribution >= 0.6 is 11.6 Å². The number of halogens is 1. The molecule has 0 saturated carbocycles. The van der Waals surface area contributed by atoms with Crippen molar-refractivity contribution >= 4 is 23.4 Å². The molecule has 0 aliphatic rings. The van der Waals surface area contributed by atoms with Crippen molar-refractivity contribution in [1.82, 2.24) is 10.2 Å². The van der Waals surface area contributed by atoms with Crippen LogP contribution in [0.15, 0.2) is 54.6 Å². The van der Waals surface area contributed by atoms with Crippen LogP contribution in [0.5, 0.6) is 5.75 Å². The molecule has 2 aromatic carbocycles. The van der Waals surface area contributed by atoms with Gasteiger partial charge in [-0.3, -0.25) is 9.59 Å². The van der Waals surface area contributed by atoms with Gasteiger partial charge >= 0.3 is 0 Å². The molecule has 1 N–H and O–H groups in total. The summed E-state index contributed by atoms with van der Waals surface area (Å²) < 4.78 is 5.68. The largest absolute Gasteiger partial charge is 0.494 e. The van der Waals surface area contributed by atoms with Crippen LogP contribution in [0.3, 0.4) is 0 Å². The van der Waals surface area contributed by atoms with E-state index in [2.05, 4.69) is 5.32 Å². The van der Waals surface area contributed by atoms with E-state index in [1.54, 1.807) is 36.1 Å². The first-order valence-corrected chi connectivity index (χ1v) is 10.8. The lowest BCUT2D eigenvalue weighted by molar-refractivity contribution is -0.141. The average molecular weight is 431 g/mol. The van der Waals surface area contributed by atoms with E-state index in [-0.39, 0.29) is 17.9 Å². The molecule has 0 unspecified atom stereocenters. The Morgan fingerprint density at radius 2 is 1.73 bits per heavy atom. The first-order valence-electron chi connectivity index (χ1n) is 10.4. The van der Waals surface area contributed by atoms with Crippen molar-refractivity contribution in [2.45, 2.75) is 58.7 Å². The minimum absolute atomic E-state index is 0.0645. The summed E-state index contributed by atoms with van der Waals surface area (Å²) in [6.07, 6.45) is 1.71. The van der Waals surface area contributed by atoms with E-state index >= 15 is 0 Å². The minimum Gasteiger partial charge on any atom is -0.494 e. The summed E-state index contributed by atoms with van der Waals surface area (Å²) in [5.74, 6) is 0.519. The number of amides is 2. The molecule has 5 nitrogen and oxygen atoms in total. The second-order valence-corrected chi connectivity index (χ2v) is 7.84. The highest BCUT2D eigenvalue weighted by Crippen LogP contribution is 2.16. The number of rotatable bonds is 11. The fraction of sp³-hybridized carbons (Fsp3) is 0.417. The zero-order chi connectivity index (χ0) is 21.9. The van der Waals surface area contributed by atoms with Gasteiger partial charge in [0.15, 0.2) is 0 Å². The molecule has 0 bridgehead atoms. The maximum atomic E-state index is 13.0. The molecule has 2 aromatic rings. The molecule has 0 aromatic heterocycles. The highest BCUT2D eigenvalue weighted by molar-refractivity contribution is 6.30. The summed E-state index contributed by atoms with van der Waals surface area (Å²) in [6.45, 7) is 6.57. The quantitative estimate of drug-likeness (QED) is 0.519. The van der Waals surface area contributed by atoms with E-state index in [1.165, 1.54) is 0 Å². The van der Waals surface area contributed by atoms with E-state index in [1.807, 2.05) is 44.2 Å². The van der Waals surface area contributed by atoms with Gasteiger partial charge in [0, 0.05) is 24.0 Å². The van der Waals surface area contributed by atoms with Gasteiger partial charge in [0.1, 0.15) is 11.8 Å². The number of benzene rings is 2. The fourth-order valence-electron chi connectivity index (χ4n) is 2.92. The monoisotopic (exact) mass is 430 g/mol. The second-order valence-electron chi connectivity index (χ2n) is 7.41. The minimum atomic E-state index is -0.552. The van der Waals surface area contributed by atoms with Crippen molar-refractivity contribution in [1.29, 1.82) is 0 Å². The molecule has 2 amide bonds. The first-order chi connectivity index (χ1) is 14.4. The van der Waals surface area contributed by atoms with Crippen molar-refractivity contribution in [2.24, 2.45) is 0 Å². The second kappa shape index (κ2) is 12.2. The molecule has 6 heteroatoms. The molecule has 0 heterocycles. The van der Waals surface area contributed by atoms with Crippen molar-refractivity contribution < 1.29 is 14.3 Å². The standard InChI is InChI=1S/C24H31ClN2O3/c1-4-18(2)26-24(29)19(3)27(17-20-9-6-5-7-10-20)23(28)11-8-16-30-22-14-12-21(25)13-15-22/h5-7,9-10,12-15,18-19H,4,8,11,16-17H2,1-3H3,(H,26,29)/t18-,19+/m1/s1. The molecule has 2 atom stereocenters. The first kappa shape index (κ1) is 23.7. The molecule has 0 aliphatic heterocycles. The van der Waals surface area contributed by atoms with Gasteiger partial charge < -0.3 is 15.0 Å². The number of hydrogen-bond acceptors (Lipinski definition) is 3. The third kappa shape index (κ3) is 7.71. The van der Waals surface area contributed by atoms with E-state index in [0.29, 0.717) is 36.8 Å². The fourth-order valence-corrected chi connectivity index (χ4v) is 3.04. The number of nitrogens with one attached hydrogen (secondary N) is 1. The van der Waals surface area contributed by atoms with E-state index < -0.39 is 6.04 Å². The average Bonchev–Trinajstić information content (AvgIpc) is 2.76. The van der Waals surface area contributed by atoms with Gasteiger partial charge in [0.25, 0.3) is 0 Å². The Morgan fingerprint density at radius 1 is 1.07 bits per heavy atom. The topological polar surface area (TPSA) is 58.6 Å². The summed E-state index contributed by atoms with van der Waals surface area (Å²) in [5, 5.41) is 3.63. The van der Waals surface area contributed by atoms with Crippen molar-refractivity contribution in [2.75, 3.05) is 6.61 Å². The number of nitrogens with zero attached hydrogens (tertiary/aromatic N) is 1. The zero-order valence-corrected chi connectivity index (χ0v) is 18.7. The Labute approximate surface area is 184 Å². The smallest absolute Gasteiger partial charge is 0.242 e. The molecular weight excluding hydrogens is 400 g/mol. The lowest BCUT2D eigenvalue weighted by atomic mass is 10.1. The van der Waals surface area contributed by atoms with E-state index in [0.717, 1.165) is 12.0 Å². The number of carbonyl (C=O) groups is 2. The van der Waals surface area contributed by atoms with Gasteiger partial charge in [0.2, 0.25) is 11.8 Å². The Hall–Kier alpha value is -2.53. The molecule has 0 saturated heterocycles. The Bertz CT molecular complexity index is 796. The summed E-state index contributed by atoms with van der Waals surface area (Å²) in [5.41, 5.74) is 0.992. The summed E-state index contributed by atoms with van der Waals surface area (Å²) in [6, 6.07) is 16.4. The van der Waals surface area contributed by atoms with Crippen LogP contribution in [0.1, 0.15) is 45.6 Å². The van der Waals surface area contributed by atoms with Gasteiger partial charge in [0.05, 0.1) is 6.61 Å². The summed E-state index contributed by atoms with van der Waals surface area (Å²) in [4.78, 5) is 27.3. The van der Waals surface area contributed by atoms with E-state index in [4.69, 9.17) is 16.3 Å². The predicted octanol–water partition coefficient (Wildman–Crippen LogP) is 4.83. The van der Waals surface area contributed by atoms with Crippen molar-refractivity contribution in [3.8, 4) is 5.75 Å². The van der Waals surface area contributed by atoms with Crippen molar-refractivity contribution in [3.05, 3.63) is 65.2 Å². The molecule has 0 fully saturated rings. The van der Waals surface area contributed by atoms with Gasteiger partial charge in [-0.05, 0) is 56.5 Å². The van der Waals surface area contributed by atoms with Crippen LogP contribution in [0, 0.1) is 0 Å². The molecule has 0 spiro atoms. The lowest BCUT2D eigenvalue weighted by Gasteiger charge is -2.29. The third-order valence-electron chi connectivity index (χ3n) is 4.98. The maximum absolute atomic E-state index is 13.0. The maximum Gasteiger partial charge on any atom is 0.242 e. The van der Waals surface area contributed by atoms with Crippen LogP contribution in [0.4, 0.5) is 0 Å². The summed E-state index contributed by atoms with van der Waals surface area (Å²) >= 11 is 5.87. The SMILES string of the molecule is CC[C@@H](C)NC(=O)[C@H](C)N(Cc1ccccc1)C(=O)CCCOc1ccc(Cl)cc1. The van der Waals surface area contributed by atoms with Crippen LogP contribution in [0.2, 0.25) is 5.02 Å². The lowest BCUT2D eigenvalue weighted by Crippen LogP contribution is -2.49. The van der Waals surface area contributed by atoms with Crippen LogP contribution in [-0.2, 0) is 16.1 Å². The molecule has 30 heavy (non-hydrogen) atoms. The molecular formula is C24H31ClN2O3. The van der Waals surface area contributed by atoms with Crippen LogP contribution < -0.4 is 10.1 Å². The number of hydrogen-bond donors (Lipinski definition) is 1. The molecule has 162 valence electrons. The highest BCUT2D eigenvalue weighted by Gasteiger charge is 2.26. The van der Waals surface area contributed by atoms with Crippen LogP contribution in [-0.4, -0.2) is 35.4 Å². The van der Waals surface area contributed by atoms with Crippen LogP contribution in [0.25, 0.3) is 0 Å². The molecule has 0 aliphatic carbocycles. The van der Waals surface area contributed by atoms with Gasteiger partial charge in [-0.15, -0.1) is 0 Å². The highest BCUT2D eigenvalue weighted by atomic mass is 35.5. The Kier molecular flexibility index (Phi) is 9.68. The zero-order valence-electron chi connectivity index (χ0n) is 17.9. The number of carbonyl (C=O) groups excluding carboxylic acids is 2. The molecule has 0 radical (unpaired) electrons. The Balaban J connectivity index is 1.96. The summed E-state index contributed by atoms with van der Waals surface area (Å²) in [7, 11) is 0. The normalized spacial score (nSPS) is 12.7. The van der Waals surface area contributed by atoms with Gasteiger partial charge in [-0.1, -0.05) is 48.9 Å². The van der Waals surface area contributed by atoms with Gasteiger partial charge in [-0.2, -0.15) is 0 Å². The van der Waals surface area contributed by atoms with Gasteiger partial charge in [-0.25, -0.2) is 0 Å².